The molecule has 3 nitrogen and oxygen atoms in total. The van der Waals surface area contributed by atoms with E-state index in [1.807, 2.05) is 13.0 Å². The zero-order chi connectivity index (χ0) is 10.8. The topological polar surface area (TPSA) is 43.4 Å². The molecule has 0 rings (SSSR count). The Kier molecular flexibility index (Phi) is 7.42. The summed E-state index contributed by atoms with van der Waals surface area (Å²) in [5.41, 5.74) is 0.604. The van der Waals surface area contributed by atoms with Gasteiger partial charge in [0.2, 0.25) is 0 Å². The molecule has 0 aromatic rings. The van der Waals surface area contributed by atoms with Gasteiger partial charge in [0.15, 0.2) is 0 Å². The second kappa shape index (κ2) is 8.23. The van der Waals surface area contributed by atoms with Crippen LogP contribution < -0.4 is 0 Å². The van der Waals surface area contributed by atoms with E-state index in [9.17, 15) is 9.59 Å². The maximum absolute atomic E-state index is 11.2. The smallest absolute Gasteiger partial charge is 0.333 e. The summed E-state index contributed by atoms with van der Waals surface area (Å²) >= 11 is 0. The number of carbonyl (C=O) groups is 2. The lowest BCUT2D eigenvalue weighted by atomic mass is 10.1. The zero-order valence-corrected chi connectivity index (χ0v) is 8.66. The van der Waals surface area contributed by atoms with E-state index in [1.54, 1.807) is 12.2 Å². The van der Waals surface area contributed by atoms with Crippen LogP contribution in [0, 0.1) is 0 Å². The predicted octanol–water partition coefficient (Wildman–Crippen LogP) is 2.03. The normalized spacial score (nSPS) is 11.7. The van der Waals surface area contributed by atoms with Crippen LogP contribution in [0.1, 0.15) is 26.2 Å². The second-order valence-electron chi connectivity index (χ2n) is 2.77. The van der Waals surface area contributed by atoms with Gasteiger partial charge in [-0.2, -0.15) is 0 Å². The summed E-state index contributed by atoms with van der Waals surface area (Å²) < 4.78 is 4.61. The number of aldehydes is 1. The molecule has 14 heavy (non-hydrogen) atoms. The summed E-state index contributed by atoms with van der Waals surface area (Å²) in [5, 5.41) is 0. The van der Waals surface area contributed by atoms with Crippen molar-refractivity contribution in [2.45, 2.75) is 26.2 Å². The van der Waals surface area contributed by atoms with E-state index >= 15 is 0 Å². The Hall–Kier alpha value is -1.38. The van der Waals surface area contributed by atoms with Gasteiger partial charge < -0.3 is 9.53 Å². The fourth-order valence-corrected chi connectivity index (χ4v) is 0.973. The first-order valence-corrected chi connectivity index (χ1v) is 4.60. The summed E-state index contributed by atoms with van der Waals surface area (Å²) in [4.78, 5) is 21.3. The van der Waals surface area contributed by atoms with Crippen molar-refractivity contribution in [1.29, 1.82) is 0 Å². The third kappa shape index (κ3) is 5.30. The molecule has 0 heterocycles. The van der Waals surface area contributed by atoms with Crippen LogP contribution in [0.2, 0.25) is 0 Å². The van der Waals surface area contributed by atoms with Gasteiger partial charge in [0.05, 0.1) is 7.11 Å². The SMILES string of the molecule is C/C=C/C=C(/CCCC=O)C(=O)OC. The van der Waals surface area contributed by atoms with Gasteiger partial charge in [0, 0.05) is 12.0 Å². The van der Waals surface area contributed by atoms with E-state index < -0.39 is 0 Å². The Labute approximate surface area is 84.4 Å². The van der Waals surface area contributed by atoms with Crippen LogP contribution >= 0.6 is 0 Å². The van der Waals surface area contributed by atoms with Gasteiger partial charge in [-0.05, 0) is 19.8 Å². The maximum Gasteiger partial charge on any atom is 0.333 e. The van der Waals surface area contributed by atoms with Gasteiger partial charge in [-0.15, -0.1) is 0 Å². The Morgan fingerprint density at radius 1 is 1.43 bits per heavy atom. The highest BCUT2D eigenvalue weighted by Crippen LogP contribution is 2.08. The Bertz CT molecular complexity index is 239. The molecule has 78 valence electrons. The van der Waals surface area contributed by atoms with Crippen LogP contribution in [-0.2, 0) is 14.3 Å². The third-order valence-electron chi connectivity index (χ3n) is 1.71. The fraction of sp³-hybridized carbons (Fsp3) is 0.455. The van der Waals surface area contributed by atoms with E-state index in [0.717, 1.165) is 6.29 Å². The number of hydrogen-bond donors (Lipinski definition) is 0. The highest BCUT2D eigenvalue weighted by molar-refractivity contribution is 5.88. The van der Waals surface area contributed by atoms with Crippen molar-refractivity contribution in [3.8, 4) is 0 Å². The Balaban J connectivity index is 4.24. The Morgan fingerprint density at radius 2 is 2.14 bits per heavy atom. The molecule has 0 fully saturated rings. The standard InChI is InChI=1S/C11H16O3/c1-3-4-7-10(11(13)14-2)8-5-6-9-12/h3-4,7,9H,5-6,8H2,1-2H3/b4-3+,10-7-. The van der Waals surface area contributed by atoms with E-state index in [4.69, 9.17) is 0 Å². The third-order valence-corrected chi connectivity index (χ3v) is 1.71. The first kappa shape index (κ1) is 12.6. The molecule has 3 heteroatoms. The van der Waals surface area contributed by atoms with Gasteiger partial charge in [-0.3, -0.25) is 0 Å². The lowest BCUT2D eigenvalue weighted by molar-refractivity contribution is -0.136. The summed E-state index contributed by atoms with van der Waals surface area (Å²) in [6.07, 6.45) is 7.93. The predicted molar refractivity (Wildman–Crippen MR) is 54.8 cm³/mol. The molecule has 0 N–H and O–H groups in total. The summed E-state index contributed by atoms with van der Waals surface area (Å²) in [6, 6.07) is 0. The van der Waals surface area contributed by atoms with Crippen LogP contribution in [0.4, 0.5) is 0 Å². The number of methoxy groups -OCH3 is 1. The van der Waals surface area contributed by atoms with E-state index in [1.165, 1.54) is 7.11 Å². The molecule has 0 aliphatic rings. The molecular weight excluding hydrogens is 180 g/mol. The Morgan fingerprint density at radius 3 is 2.64 bits per heavy atom. The average Bonchev–Trinajstić information content (AvgIpc) is 2.22. The molecule has 0 saturated carbocycles. The monoisotopic (exact) mass is 196 g/mol. The molecule has 0 spiro atoms. The van der Waals surface area contributed by atoms with Crippen molar-refractivity contribution in [2.24, 2.45) is 0 Å². The average molecular weight is 196 g/mol. The number of esters is 1. The van der Waals surface area contributed by atoms with Gasteiger partial charge >= 0.3 is 5.97 Å². The molecule has 0 aromatic heterocycles. The number of hydrogen-bond acceptors (Lipinski definition) is 3. The summed E-state index contributed by atoms with van der Waals surface area (Å²) in [5.74, 6) is -0.325. The molecule has 0 unspecified atom stereocenters. The van der Waals surface area contributed by atoms with Crippen LogP contribution in [0.25, 0.3) is 0 Å². The molecule has 0 radical (unpaired) electrons. The second-order valence-corrected chi connectivity index (χ2v) is 2.77. The first-order valence-electron chi connectivity index (χ1n) is 4.60. The minimum absolute atomic E-state index is 0.325. The lowest BCUT2D eigenvalue weighted by Crippen LogP contribution is -2.04. The van der Waals surface area contributed by atoms with E-state index in [0.29, 0.717) is 24.8 Å². The van der Waals surface area contributed by atoms with Crippen LogP contribution in [0.15, 0.2) is 23.8 Å². The fourth-order valence-electron chi connectivity index (χ4n) is 0.973. The van der Waals surface area contributed by atoms with Crippen molar-refractivity contribution in [1.82, 2.24) is 0 Å². The van der Waals surface area contributed by atoms with Gasteiger partial charge in [-0.1, -0.05) is 18.2 Å². The first-order chi connectivity index (χ1) is 6.76. The highest BCUT2D eigenvalue weighted by atomic mass is 16.5. The van der Waals surface area contributed by atoms with E-state index in [-0.39, 0.29) is 5.97 Å². The van der Waals surface area contributed by atoms with Gasteiger partial charge in [0.25, 0.3) is 0 Å². The van der Waals surface area contributed by atoms with Crippen LogP contribution in [-0.4, -0.2) is 19.4 Å². The highest BCUT2D eigenvalue weighted by Gasteiger charge is 2.07. The number of allylic oxidation sites excluding steroid dienone is 3. The maximum atomic E-state index is 11.2. The zero-order valence-electron chi connectivity index (χ0n) is 8.66. The van der Waals surface area contributed by atoms with Crippen molar-refractivity contribution in [2.75, 3.05) is 7.11 Å². The molecule has 0 aliphatic heterocycles. The largest absolute Gasteiger partial charge is 0.466 e. The minimum Gasteiger partial charge on any atom is -0.466 e. The number of carbonyl (C=O) groups excluding carboxylic acids is 2. The number of unbranched alkanes of at least 4 members (excludes halogenated alkanes) is 1. The van der Waals surface area contributed by atoms with Gasteiger partial charge in [0.1, 0.15) is 6.29 Å². The molecule has 0 saturated heterocycles. The molecule has 0 atom stereocenters. The summed E-state index contributed by atoms with van der Waals surface area (Å²) in [7, 11) is 1.35. The van der Waals surface area contributed by atoms with Crippen molar-refractivity contribution < 1.29 is 14.3 Å². The molecule has 0 amide bonds. The van der Waals surface area contributed by atoms with Crippen molar-refractivity contribution in [3.05, 3.63) is 23.8 Å². The molecular formula is C11H16O3. The number of rotatable bonds is 6. The van der Waals surface area contributed by atoms with E-state index in [2.05, 4.69) is 4.74 Å². The lowest BCUT2D eigenvalue weighted by Gasteiger charge is -2.02. The molecule has 0 aromatic carbocycles. The quantitative estimate of drug-likeness (QED) is 0.215. The number of ether oxygens (including phenoxy) is 1. The minimum atomic E-state index is -0.325. The molecule has 0 bridgehead atoms. The van der Waals surface area contributed by atoms with Crippen LogP contribution in [0.5, 0.6) is 0 Å². The van der Waals surface area contributed by atoms with Crippen molar-refractivity contribution in [3.63, 3.8) is 0 Å². The molecule has 0 aliphatic carbocycles. The van der Waals surface area contributed by atoms with Crippen molar-refractivity contribution >= 4 is 12.3 Å². The summed E-state index contributed by atoms with van der Waals surface area (Å²) in [6.45, 7) is 1.87. The van der Waals surface area contributed by atoms with Gasteiger partial charge in [-0.25, -0.2) is 4.79 Å². The van der Waals surface area contributed by atoms with Crippen LogP contribution in [0.3, 0.4) is 0 Å².